The smallest absolute Gasteiger partial charge is 0.228 e. The van der Waals surface area contributed by atoms with E-state index in [2.05, 4.69) is 16.4 Å². The van der Waals surface area contributed by atoms with Gasteiger partial charge in [-0.15, -0.1) is 0 Å². The highest BCUT2D eigenvalue weighted by molar-refractivity contribution is 5.96. The molecule has 0 fully saturated rings. The maximum absolute atomic E-state index is 13.5. The summed E-state index contributed by atoms with van der Waals surface area (Å²) in [5, 5.41) is 12.2. The summed E-state index contributed by atoms with van der Waals surface area (Å²) in [6, 6.07) is 13.8. The summed E-state index contributed by atoms with van der Waals surface area (Å²) in [6.07, 6.45) is 0.504. The second-order valence-electron chi connectivity index (χ2n) is 5.68. The largest absolute Gasteiger partial charge is 0.358 e. The second-order valence-corrected chi connectivity index (χ2v) is 5.68. The van der Waals surface area contributed by atoms with Crippen LogP contribution in [0.1, 0.15) is 16.8 Å². The maximum atomic E-state index is 13.5. The molecule has 0 atom stereocenters. The minimum absolute atomic E-state index is 0.162. The van der Waals surface area contributed by atoms with Crippen LogP contribution in [-0.2, 0) is 17.6 Å². The number of rotatable bonds is 4. The Labute approximate surface area is 138 Å². The zero-order valence-corrected chi connectivity index (χ0v) is 13.2. The summed E-state index contributed by atoms with van der Waals surface area (Å²) in [7, 11) is 0. The Balaban J connectivity index is 1.76. The van der Waals surface area contributed by atoms with E-state index in [1.54, 1.807) is 18.2 Å². The minimum Gasteiger partial charge on any atom is -0.358 e. The summed E-state index contributed by atoms with van der Waals surface area (Å²) in [6.45, 7) is 1.87. The van der Waals surface area contributed by atoms with E-state index in [-0.39, 0.29) is 18.1 Å². The number of nitrogens with one attached hydrogen (secondary N) is 2. The third-order valence-corrected chi connectivity index (χ3v) is 3.94. The molecule has 1 heterocycles. The summed E-state index contributed by atoms with van der Waals surface area (Å²) < 4.78 is 13.5. The summed E-state index contributed by atoms with van der Waals surface area (Å²) in [5.74, 6) is -0.493. The predicted octanol–water partition coefficient (Wildman–Crippen LogP) is 3.86. The molecule has 0 radical (unpaired) electrons. The number of nitrogens with zero attached hydrogens (tertiary/aromatic N) is 1. The fourth-order valence-corrected chi connectivity index (χ4v) is 2.75. The molecule has 0 aliphatic heterocycles. The molecule has 0 spiro atoms. The number of hydrogen-bond acceptors (Lipinski definition) is 2. The van der Waals surface area contributed by atoms with Crippen molar-refractivity contribution in [3.05, 3.63) is 65.1 Å². The van der Waals surface area contributed by atoms with Crippen LogP contribution in [0.2, 0.25) is 0 Å². The lowest BCUT2D eigenvalue weighted by Crippen LogP contribution is -2.14. The average Bonchev–Trinajstić information content (AvgIpc) is 2.85. The van der Waals surface area contributed by atoms with Crippen LogP contribution in [-0.4, -0.2) is 10.9 Å². The molecule has 0 aliphatic carbocycles. The number of benzene rings is 2. The Hall–Kier alpha value is -3.13. The number of H-pyrrole nitrogens is 1. The van der Waals surface area contributed by atoms with Gasteiger partial charge >= 0.3 is 0 Å². The normalized spacial score (nSPS) is 10.5. The van der Waals surface area contributed by atoms with E-state index in [0.29, 0.717) is 12.1 Å². The molecule has 1 amide bonds. The molecule has 2 N–H and O–H groups in total. The number of halogens is 1. The van der Waals surface area contributed by atoms with Crippen molar-refractivity contribution in [3.8, 4) is 6.07 Å². The van der Waals surface area contributed by atoms with E-state index in [9.17, 15) is 9.18 Å². The summed E-state index contributed by atoms with van der Waals surface area (Å²) in [5.41, 5.74) is 4.04. The minimum atomic E-state index is -0.323. The first-order chi connectivity index (χ1) is 11.6. The van der Waals surface area contributed by atoms with Gasteiger partial charge in [0.1, 0.15) is 5.82 Å². The first-order valence-corrected chi connectivity index (χ1v) is 7.59. The fourth-order valence-electron chi connectivity index (χ4n) is 2.75. The Bertz CT molecular complexity index is 936. The number of fused-ring (bicyclic) bond motifs is 1. The molecule has 0 saturated carbocycles. The van der Waals surface area contributed by atoms with Crippen molar-refractivity contribution >= 4 is 22.5 Å². The average molecular weight is 321 g/mol. The lowest BCUT2D eigenvalue weighted by atomic mass is 10.1. The molecule has 3 aromatic rings. The van der Waals surface area contributed by atoms with Crippen LogP contribution in [0.3, 0.4) is 0 Å². The van der Waals surface area contributed by atoms with Gasteiger partial charge in [0.05, 0.1) is 18.9 Å². The SMILES string of the molecule is Cc1[nH]c2ccc(F)cc2c1CC(=O)Nc1ccc(CC#N)cc1. The van der Waals surface area contributed by atoms with Crippen LogP contribution >= 0.6 is 0 Å². The van der Waals surface area contributed by atoms with Gasteiger partial charge in [0, 0.05) is 22.3 Å². The molecular weight excluding hydrogens is 305 g/mol. The molecule has 2 aromatic carbocycles. The highest BCUT2D eigenvalue weighted by Gasteiger charge is 2.13. The van der Waals surface area contributed by atoms with E-state index in [4.69, 9.17) is 5.26 Å². The van der Waals surface area contributed by atoms with Gasteiger partial charge in [-0.3, -0.25) is 4.79 Å². The van der Waals surface area contributed by atoms with Gasteiger partial charge in [0.2, 0.25) is 5.91 Å². The van der Waals surface area contributed by atoms with Crippen molar-refractivity contribution < 1.29 is 9.18 Å². The third-order valence-electron chi connectivity index (χ3n) is 3.94. The van der Waals surface area contributed by atoms with Crippen molar-refractivity contribution in [2.75, 3.05) is 5.32 Å². The predicted molar refractivity (Wildman–Crippen MR) is 91.1 cm³/mol. The van der Waals surface area contributed by atoms with Gasteiger partial charge in [-0.05, 0) is 48.4 Å². The van der Waals surface area contributed by atoms with E-state index in [1.807, 2.05) is 19.1 Å². The molecule has 1 aromatic heterocycles. The zero-order chi connectivity index (χ0) is 17.1. The molecule has 24 heavy (non-hydrogen) atoms. The van der Waals surface area contributed by atoms with Crippen molar-refractivity contribution in [3.63, 3.8) is 0 Å². The quantitative estimate of drug-likeness (QED) is 0.766. The lowest BCUT2D eigenvalue weighted by Gasteiger charge is -2.06. The number of carbonyl (C=O) groups is 1. The van der Waals surface area contributed by atoms with Gasteiger partial charge in [-0.25, -0.2) is 4.39 Å². The number of amides is 1. The lowest BCUT2D eigenvalue weighted by molar-refractivity contribution is -0.115. The van der Waals surface area contributed by atoms with Crippen LogP contribution < -0.4 is 5.32 Å². The standard InChI is InChI=1S/C19H16FN3O/c1-12-16(17-10-14(20)4-7-18(17)22-12)11-19(24)23-15-5-2-13(3-6-15)8-9-21/h2-7,10,22H,8,11H2,1H3,(H,23,24). The van der Waals surface area contributed by atoms with Gasteiger partial charge < -0.3 is 10.3 Å². The van der Waals surface area contributed by atoms with Crippen LogP contribution in [0.15, 0.2) is 42.5 Å². The van der Waals surface area contributed by atoms with E-state index >= 15 is 0 Å². The first kappa shape index (κ1) is 15.8. The van der Waals surface area contributed by atoms with Crippen LogP contribution in [0.25, 0.3) is 10.9 Å². The van der Waals surface area contributed by atoms with Gasteiger partial charge in [0.25, 0.3) is 0 Å². The monoisotopic (exact) mass is 321 g/mol. The Morgan fingerprint density at radius 1 is 1.25 bits per heavy atom. The van der Waals surface area contributed by atoms with Crippen molar-refractivity contribution in [1.29, 1.82) is 5.26 Å². The molecule has 120 valence electrons. The van der Waals surface area contributed by atoms with E-state index in [1.165, 1.54) is 12.1 Å². The number of anilines is 1. The zero-order valence-electron chi connectivity index (χ0n) is 13.2. The molecule has 0 aliphatic rings. The topological polar surface area (TPSA) is 68.7 Å². The third kappa shape index (κ3) is 3.28. The van der Waals surface area contributed by atoms with Crippen molar-refractivity contribution in [1.82, 2.24) is 4.98 Å². The van der Waals surface area contributed by atoms with Gasteiger partial charge in [-0.2, -0.15) is 5.26 Å². The fraction of sp³-hybridized carbons (Fsp3) is 0.158. The number of aromatic nitrogens is 1. The Morgan fingerprint density at radius 2 is 2.00 bits per heavy atom. The highest BCUT2D eigenvalue weighted by atomic mass is 19.1. The number of nitriles is 1. The first-order valence-electron chi connectivity index (χ1n) is 7.59. The van der Waals surface area contributed by atoms with Crippen molar-refractivity contribution in [2.24, 2.45) is 0 Å². The molecule has 0 unspecified atom stereocenters. The Kier molecular flexibility index (Phi) is 4.30. The van der Waals surface area contributed by atoms with Gasteiger partial charge in [-0.1, -0.05) is 12.1 Å². The number of aromatic amines is 1. The Morgan fingerprint density at radius 3 is 2.71 bits per heavy atom. The summed E-state index contributed by atoms with van der Waals surface area (Å²) >= 11 is 0. The molecule has 0 bridgehead atoms. The highest BCUT2D eigenvalue weighted by Crippen LogP contribution is 2.24. The molecular formula is C19H16FN3O. The number of aryl methyl sites for hydroxylation is 1. The van der Waals surface area contributed by atoms with Crippen LogP contribution in [0.4, 0.5) is 10.1 Å². The molecule has 4 nitrogen and oxygen atoms in total. The number of carbonyl (C=O) groups excluding carboxylic acids is 1. The summed E-state index contributed by atoms with van der Waals surface area (Å²) in [4.78, 5) is 15.5. The molecule has 5 heteroatoms. The van der Waals surface area contributed by atoms with E-state index < -0.39 is 0 Å². The van der Waals surface area contributed by atoms with E-state index in [0.717, 1.165) is 27.7 Å². The van der Waals surface area contributed by atoms with Crippen LogP contribution in [0, 0.1) is 24.1 Å². The van der Waals surface area contributed by atoms with Crippen LogP contribution in [0.5, 0.6) is 0 Å². The second kappa shape index (κ2) is 6.55. The van der Waals surface area contributed by atoms with Crippen molar-refractivity contribution in [2.45, 2.75) is 19.8 Å². The molecule has 3 rings (SSSR count). The number of hydrogen-bond donors (Lipinski definition) is 2. The van der Waals surface area contributed by atoms with Gasteiger partial charge in [0.15, 0.2) is 0 Å². The maximum Gasteiger partial charge on any atom is 0.228 e. The molecule has 0 saturated heterocycles.